The average molecular weight is 780 g/mol. The van der Waals surface area contributed by atoms with Crippen molar-refractivity contribution in [3.8, 4) is 0 Å². The van der Waals surface area contributed by atoms with E-state index in [1.165, 1.54) is 38.5 Å². The van der Waals surface area contributed by atoms with E-state index < -0.39 is 51.1 Å². The van der Waals surface area contributed by atoms with Gasteiger partial charge in [-0.1, -0.05) is 138 Å². The summed E-state index contributed by atoms with van der Waals surface area (Å²) in [7, 11) is -4.73. The Morgan fingerprint density at radius 1 is 0.611 bits per heavy atom. The highest BCUT2D eigenvalue weighted by Crippen LogP contribution is 2.43. The Bertz CT molecular complexity index is 1190. The highest BCUT2D eigenvalue weighted by Gasteiger charge is 2.28. The van der Waals surface area contributed by atoms with Gasteiger partial charge in [0.05, 0.1) is 13.2 Å². The zero-order valence-corrected chi connectivity index (χ0v) is 33.9. The molecule has 0 aliphatic heterocycles. The summed E-state index contributed by atoms with van der Waals surface area (Å²) in [6, 6.07) is -1.53. The molecule has 0 aromatic heterocycles. The molecule has 0 heterocycles. The van der Waals surface area contributed by atoms with Crippen LogP contribution in [0.1, 0.15) is 142 Å². The van der Waals surface area contributed by atoms with E-state index >= 15 is 0 Å². The van der Waals surface area contributed by atoms with E-state index in [1.54, 1.807) is 0 Å². The third-order valence-corrected chi connectivity index (χ3v) is 8.95. The van der Waals surface area contributed by atoms with Crippen molar-refractivity contribution < 1.29 is 47.5 Å². The van der Waals surface area contributed by atoms with Crippen LogP contribution < -0.4 is 5.73 Å². The lowest BCUT2D eigenvalue weighted by Crippen LogP contribution is -2.34. The van der Waals surface area contributed by atoms with Crippen molar-refractivity contribution in [2.24, 2.45) is 5.73 Å². The Morgan fingerprint density at radius 3 is 1.76 bits per heavy atom. The monoisotopic (exact) mass is 779 g/mol. The van der Waals surface area contributed by atoms with E-state index in [0.717, 1.165) is 57.8 Å². The maximum atomic E-state index is 12.6. The van der Waals surface area contributed by atoms with Gasteiger partial charge in [0.1, 0.15) is 12.6 Å². The van der Waals surface area contributed by atoms with Gasteiger partial charge in [-0.05, 0) is 64.2 Å². The molecule has 54 heavy (non-hydrogen) atoms. The first-order valence-electron chi connectivity index (χ1n) is 20.0. The third kappa shape index (κ3) is 35.9. The van der Waals surface area contributed by atoms with Crippen molar-refractivity contribution in [2.45, 2.75) is 154 Å². The fraction of sp³-hybridized carbons (Fsp3) is 0.643. The van der Waals surface area contributed by atoms with E-state index in [4.69, 9.17) is 24.8 Å². The van der Waals surface area contributed by atoms with Crippen LogP contribution in [0.4, 0.5) is 0 Å². The zero-order valence-electron chi connectivity index (χ0n) is 33.0. The fourth-order valence-corrected chi connectivity index (χ4v) is 5.62. The van der Waals surface area contributed by atoms with E-state index in [1.807, 2.05) is 30.4 Å². The number of unbranched alkanes of at least 4 members (excludes halogenated alkanes) is 12. The van der Waals surface area contributed by atoms with Gasteiger partial charge in [0.25, 0.3) is 0 Å². The molecule has 0 rings (SSSR count). The van der Waals surface area contributed by atoms with Crippen molar-refractivity contribution in [3.05, 3.63) is 72.9 Å². The second kappa shape index (κ2) is 36.9. The number of allylic oxidation sites excluding steroid dienone is 12. The van der Waals surface area contributed by atoms with Gasteiger partial charge in [0.2, 0.25) is 0 Å². The summed E-state index contributed by atoms with van der Waals surface area (Å²) in [6.45, 7) is 2.56. The van der Waals surface area contributed by atoms with Crippen LogP contribution in [0.3, 0.4) is 0 Å². The molecule has 0 amide bonds. The first kappa shape index (κ1) is 50.9. The maximum absolute atomic E-state index is 12.6. The number of aliphatic carboxylic acids is 1. The molecule has 308 valence electrons. The molecule has 0 fully saturated rings. The summed E-state index contributed by atoms with van der Waals surface area (Å²) in [5.41, 5.74) is 5.31. The smallest absolute Gasteiger partial charge is 0.472 e. The highest BCUT2D eigenvalue weighted by atomic mass is 31.2. The van der Waals surface area contributed by atoms with Crippen LogP contribution in [0.15, 0.2) is 72.9 Å². The predicted molar refractivity (Wildman–Crippen MR) is 217 cm³/mol. The normalized spacial score (nSPS) is 14.6. The standard InChI is InChI=1S/C42H70NO10P/c1-3-5-7-9-11-13-15-17-18-19-20-22-23-25-27-29-31-33-40(44)50-35-38(36-51-54(48,49)52-37-39(43)42(46)47)53-41(45)34-32-30-28-26-24-21-16-14-12-10-8-6-4-2/h6,8,10,12,14,16-18,20,22,25,27,38-39H,3-5,7,9,11,13,15,19,21,23-24,26,28-37,43H2,1-2H3,(H,46,47)(H,48,49)/b8-6+,12-10+,16-14+,18-17+,22-20+,27-25+/t38?,39-/m0/s1. The van der Waals surface area contributed by atoms with Crippen molar-refractivity contribution in [2.75, 3.05) is 19.8 Å². The molecule has 0 saturated heterocycles. The second-order valence-corrected chi connectivity index (χ2v) is 14.5. The maximum Gasteiger partial charge on any atom is 0.472 e. The SMILES string of the molecule is CC/C=C/C=C/C=C/CCCCCCCC(=O)OC(COC(=O)CCC/C=C/C/C=C/C/C=C/CCCCCCCC)COP(=O)(O)OC[C@H](N)C(=O)O. The summed E-state index contributed by atoms with van der Waals surface area (Å²) < 4.78 is 32.5. The first-order valence-corrected chi connectivity index (χ1v) is 21.5. The van der Waals surface area contributed by atoms with Crippen LogP contribution in [0, 0.1) is 0 Å². The second-order valence-electron chi connectivity index (χ2n) is 13.1. The molecule has 11 nitrogen and oxygen atoms in total. The van der Waals surface area contributed by atoms with Gasteiger partial charge < -0.3 is 25.2 Å². The van der Waals surface area contributed by atoms with E-state index in [9.17, 15) is 23.8 Å². The van der Waals surface area contributed by atoms with Crippen LogP contribution in [0.2, 0.25) is 0 Å². The Labute approximate surface area is 325 Å². The lowest BCUT2D eigenvalue weighted by Gasteiger charge is -2.20. The summed E-state index contributed by atoms with van der Waals surface area (Å²) in [5.74, 6) is -2.48. The molecule has 0 aliphatic rings. The number of carbonyl (C=O) groups excluding carboxylic acids is 2. The highest BCUT2D eigenvalue weighted by molar-refractivity contribution is 7.47. The number of carboxylic acid groups (broad SMARTS) is 1. The topological polar surface area (TPSA) is 172 Å². The van der Waals surface area contributed by atoms with Crippen molar-refractivity contribution >= 4 is 25.7 Å². The molecular weight excluding hydrogens is 709 g/mol. The zero-order chi connectivity index (χ0) is 40.0. The average Bonchev–Trinajstić information content (AvgIpc) is 3.14. The summed E-state index contributed by atoms with van der Waals surface area (Å²) >= 11 is 0. The minimum absolute atomic E-state index is 0.124. The van der Waals surface area contributed by atoms with Gasteiger partial charge in [-0.2, -0.15) is 0 Å². The first-order chi connectivity index (χ1) is 26.1. The Morgan fingerprint density at radius 2 is 1.13 bits per heavy atom. The molecule has 0 saturated carbocycles. The summed E-state index contributed by atoms with van der Waals surface area (Å²) in [5, 5.41) is 8.87. The minimum atomic E-state index is -4.73. The number of carboxylic acids is 1. The minimum Gasteiger partial charge on any atom is -0.480 e. The number of nitrogens with two attached hydrogens (primary N) is 1. The Kier molecular flexibility index (Phi) is 34.8. The van der Waals surface area contributed by atoms with Gasteiger partial charge in [0, 0.05) is 12.8 Å². The molecule has 3 atom stereocenters. The molecule has 0 aromatic carbocycles. The number of phosphoric ester groups is 1. The van der Waals surface area contributed by atoms with Gasteiger partial charge >= 0.3 is 25.7 Å². The Balaban J connectivity index is 4.53. The quantitative estimate of drug-likeness (QED) is 0.0182. The van der Waals surface area contributed by atoms with Crippen LogP contribution in [-0.4, -0.2) is 59.9 Å². The lowest BCUT2D eigenvalue weighted by atomic mass is 10.1. The molecule has 0 aromatic rings. The van der Waals surface area contributed by atoms with Crippen molar-refractivity contribution in [1.82, 2.24) is 0 Å². The number of phosphoric acid groups is 1. The van der Waals surface area contributed by atoms with E-state index in [-0.39, 0.29) is 19.4 Å². The lowest BCUT2D eigenvalue weighted by molar-refractivity contribution is -0.161. The van der Waals surface area contributed by atoms with Gasteiger partial charge in [0.15, 0.2) is 6.10 Å². The number of rotatable bonds is 36. The number of hydrogen-bond donors (Lipinski definition) is 3. The van der Waals surface area contributed by atoms with Crippen LogP contribution in [0.25, 0.3) is 0 Å². The molecule has 2 unspecified atom stereocenters. The van der Waals surface area contributed by atoms with E-state index in [0.29, 0.717) is 19.3 Å². The predicted octanol–water partition coefficient (Wildman–Crippen LogP) is 10.2. The van der Waals surface area contributed by atoms with Gasteiger partial charge in [-0.3, -0.25) is 23.4 Å². The van der Waals surface area contributed by atoms with Crippen LogP contribution in [-0.2, 0) is 37.5 Å². The summed E-state index contributed by atoms with van der Waals surface area (Å²) in [6.07, 6.45) is 42.7. The van der Waals surface area contributed by atoms with E-state index in [2.05, 4.69) is 60.9 Å². The fourth-order valence-electron chi connectivity index (χ4n) is 4.84. The van der Waals surface area contributed by atoms with Crippen molar-refractivity contribution in [1.29, 1.82) is 0 Å². The van der Waals surface area contributed by atoms with Gasteiger partial charge in [-0.15, -0.1) is 0 Å². The summed E-state index contributed by atoms with van der Waals surface area (Å²) in [4.78, 5) is 45.8. The molecule has 0 aliphatic carbocycles. The molecule has 4 N–H and O–H groups in total. The molecular formula is C42H70NO10P. The molecule has 12 heteroatoms. The number of hydrogen-bond acceptors (Lipinski definition) is 9. The Hall–Kier alpha value is -3.08. The number of carbonyl (C=O) groups is 3. The van der Waals surface area contributed by atoms with Gasteiger partial charge in [-0.25, -0.2) is 4.57 Å². The molecule has 0 bridgehead atoms. The third-order valence-electron chi connectivity index (χ3n) is 8.00. The molecule has 0 spiro atoms. The largest absolute Gasteiger partial charge is 0.480 e. The molecule has 0 radical (unpaired) electrons. The van der Waals surface area contributed by atoms with Crippen molar-refractivity contribution in [3.63, 3.8) is 0 Å². The number of esters is 2. The van der Waals surface area contributed by atoms with Crippen LogP contribution >= 0.6 is 7.82 Å². The van der Waals surface area contributed by atoms with Crippen LogP contribution in [0.5, 0.6) is 0 Å². The number of ether oxygens (including phenoxy) is 2.